The minimum atomic E-state index is -0.623. The molecule has 5 fully saturated rings. The third-order valence-corrected chi connectivity index (χ3v) is 6.21. The van der Waals surface area contributed by atoms with Crippen molar-refractivity contribution in [3.05, 3.63) is 0 Å². The van der Waals surface area contributed by atoms with Crippen LogP contribution >= 0.6 is 0 Å². The van der Waals surface area contributed by atoms with Crippen LogP contribution in [0.25, 0.3) is 0 Å². The van der Waals surface area contributed by atoms with Crippen molar-refractivity contribution in [3.63, 3.8) is 0 Å². The van der Waals surface area contributed by atoms with Crippen molar-refractivity contribution in [1.82, 2.24) is 0 Å². The molecule has 2 spiro atoms. The van der Waals surface area contributed by atoms with Crippen LogP contribution in [-0.4, -0.2) is 48.6 Å². The molecule has 5 aliphatic rings. The maximum atomic E-state index is 12.8. The summed E-state index contributed by atoms with van der Waals surface area (Å²) in [5.41, 5.74) is 0. The summed E-state index contributed by atoms with van der Waals surface area (Å²) >= 11 is 0. The fourth-order valence-electron chi connectivity index (χ4n) is 4.93. The van der Waals surface area contributed by atoms with Crippen LogP contribution in [0.15, 0.2) is 0 Å². The lowest BCUT2D eigenvalue weighted by Crippen LogP contribution is -2.42. The molecule has 3 aliphatic heterocycles. The molecular weight excluding hydrogens is 312 g/mol. The molecule has 134 valence electrons. The van der Waals surface area contributed by atoms with Gasteiger partial charge in [-0.25, -0.2) is 0 Å². The molecule has 6 nitrogen and oxygen atoms in total. The number of carbonyl (C=O) groups excluding carboxylic acids is 1. The second-order valence-corrected chi connectivity index (χ2v) is 7.89. The van der Waals surface area contributed by atoms with E-state index >= 15 is 0 Å². The van der Waals surface area contributed by atoms with Gasteiger partial charge < -0.3 is 23.7 Å². The summed E-state index contributed by atoms with van der Waals surface area (Å²) in [6.45, 7) is 0.418. The molecule has 0 bridgehead atoms. The van der Waals surface area contributed by atoms with Gasteiger partial charge in [-0.1, -0.05) is 12.8 Å². The van der Waals surface area contributed by atoms with Crippen molar-refractivity contribution in [2.45, 2.75) is 100 Å². The van der Waals surface area contributed by atoms with Crippen molar-refractivity contribution in [2.75, 3.05) is 6.61 Å². The van der Waals surface area contributed by atoms with Gasteiger partial charge in [-0.2, -0.15) is 0 Å². The molecule has 0 N–H and O–H groups in total. The normalized spacial score (nSPS) is 43.6. The summed E-state index contributed by atoms with van der Waals surface area (Å²) in [5, 5.41) is 0. The van der Waals surface area contributed by atoms with Gasteiger partial charge in [0.2, 0.25) is 0 Å². The number of fused-ring (bicyclic) bond motifs is 1. The SMILES string of the molecule is O=C1C(C2COC3(CCCCC3)O2)OC2OC3(CCCCC3)OC12. The van der Waals surface area contributed by atoms with Crippen LogP contribution in [0, 0.1) is 0 Å². The van der Waals surface area contributed by atoms with Gasteiger partial charge in [0.1, 0.15) is 6.10 Å². The summed E-state index contributed by atoms with van der Waals surface area (Å²) < 4.78 is 30.2. The van der Waals surface area contributed by atoms with E-state index in [-0.39, 0.29) is 11.9 Å². The van der Waals surface area contributed by atoms with Crippen LogP contribution in [0.2, 0.25) is 0 Å². The fourth-order valence-corrected chi connectivity index (χ4v) is 4.93. The van der Waals surface area contributed by atoms with Crippen LogP contribution in [0.1, 0.15) is 64.2 Å². The zero-order chi connectivity index (χ0) is 16.2. The molecule has 3 saturated heterocycles. The second-order valence-electron chi connectivity index (χ2n) is 7.89. The molecule has 24 heavy (non-hydrogen) atoms. The minimum absolute atomic E-state index is 0.0380. The van der Waals surface area contributed by atoms with Crippen molar-refractivity contribution < 1.29 is 28.5 Å². The molecule has 2 saturated carbocycles. The quantitative estimate of drug-likeness (QED) is 0.732. The van der Waals surface area contributed by atoms with Crippen molar-refractivity contribution in [2.24, 2.45) is 0 Å². The highest BCUT2D eigenvalue weighted by Gasteiger charge is 2.60. The minimum Gasteiger partial charge on any atom is -0.347 e. The Balaban J connectivity index is 1.25. The van der Waals surface area contributed by atoms with Crippen LogP contribution in [-0.2, 0) is 28.5 Å². The standard InChI is InChI=1S/C18H26O6/c19-13-14(12-11-20-17(22-12)7-3-1-4-8-17)21-16-15(13)23-18(24-16)9-5-2-6-10-18/h12,14-16H,1-11H2. The van der Waals surface area contributed by atoms with Crippen LogP contribution in [0.3, 0.4) is 0 Å². The molecule has 0 aromatic heterocycles. The average molecular weight is 338 g/mol. The first-order valence-electron chi connectivity index (χ1n) is 9.55. The third kappa shape index (κ3) is 2.46. The number of hydrogen-bond acceptors (Lipinski definition) is 6. The lowest BCUT2D eigenvalue weighted by atomic mass is 9.94. The van der Waals surface area contributed by atoms with Crippen LogP contribution < -0.4 is 0 Å². The summed E-state index contributed by atoms with van der Waals surface area (Å²) in [6.07, 6.45) is 8.23. The topological polar surface area (TPSA) is 63.2 Å². The van der Waals surface area contributed by atoms with E-state index in [0.29, 0.717) is 6.61 Å². The molecular formula is C18H26O6. The average Bonchev–Trinajstić information content (AvgIpc) is 3.23. The Labute approximate surface area is 142 Å². The molecule has 0 amide bonds. The van der Waals surface area contributed by atoms with Gasteiger partial charge in [-0.05, 0) is 25.7 Å². The van der Waals surface area contributed by atoms with E-state index in [1.165, 1.54) is 12.8 Å². The zero-order valence-corrected chi connectivity index (χ0v) is 14.0. The Bertz CT molecular complexity index is 508. The number of Topliss-reactive ketones (excluding diaryl/α,β-unsaturated/α-hetero) is 1. The fraction of sp³-hybridized carbons (Fsp3) is 0.944. The molecule has 4 atom stereocenters. The maximum Gasteiger partial charge on any atom is 0.198 e. The molecule has 3 heterocycles. The van der Waals surface area contributed by atoms with Crippen LogP contribution in [0.4, 0.5) is 0 Å². The summed E-state index contributed by atoms with van der Waals surface area (Å²) in [5.74, 6) is -1.12. The number of hydrogen-bond donors (Lipinski definition) is 0. The molecule has 0 radical (unpaired) electrons. The van der Waals surface area contributed by atoms with Gasteiger partial charge in [-0.3, -0.25) is 4.79 Å². The first kappa shape index (κ1) is 15.7. The predicted molar refractivity (Wildman–Crippen MR) is 82.1 cm³/mol. The zero-order valence-electron chi connectivity index (χ0n) is 14.0. The predicted octanol–water partition coefficient (Wildman–Crippen LogP) is 2.43. The Morgan fingerprint density at radius 3 is 2.08 bits per heavy atom. The van der Waals surface area contributed by atoms with Gasteiger partial charge in [0.15, 0.2) is 35.9 Å². The highest BCUT2D eigenvalue weighted by atomic mass is 16.8. The van der Waals surface area contributed by atoms with Gasteiger partial charge in [-0.15, -0.1) is 0 Å². The Hall–Kier alpha value is -0.530. The lowest BCUT2D eigenvalue weighted by molar-refractivity contribution is -0.246. The third-order valence-electron chi connectivity index (χ3n) is 6.21. The largest absolute Gasteiger partial charge is 0.347 e. The van der Waals surface area contributed by atoms with E-state index in [1.54, 1.807) is 0 Å². The smallest absolute Gasteiger partial charge is 0.198 e. The summed E-state index contributed by atoms with van der Waals surface area (Å²) in [4.78, 5) is 12.8. The van der Waals surface area contributed by atoms with Gasteiger partial charge >= 0.3 is 0 Å². The maximum absolute atomic E-state index is 12.8. The van der Waals surface area contributed by atoms with E-state index in [4.69, 9.17) is 23.7 Å². The molecule has 0 aromatic rings. The Morgan fingerprint density at radius 1 is 0.750 bits per heavy atom. The Morgan fingerprint density at radius 2 is 1.42 bits per heavy atom. The molecule has 6 heteroatoms. The van der Waals surface area contributed by atoms with E-state index < -0.39 is 30.1 Å². The second kappa shape index (κ2) is 5.74. The monoisotopic (exact) mass is 338 g/mol. The summed E-state index contributed by atoms with van der Waals surface area (Å²) in [6, 6.07) is 0. The van der Waals surface area contributed by atoms with Gasteiger partial charge in [0, 0.05) is 25.7 Å². The highest BCUT2D eigenvalue weighted by Crippen LogP contribution is 2.46. The van der Waals surface area contributed by atoms with E-state index in [2.05, 4.69) is 0 Å². The molecule has 5 rings (SSSR count). The van der Waals surface area contributed by atoms with Gasteiger partial charge in [0.25, 0.3) is 0 Å². The van der Waals surface area contributed by atoms with E-state index in [0.717, 1.165) is 51.4 Å². The van der Waals surface area contributed by atoms with Crippen molar-refractivity contribution in [1.29, 1.82) is 0 Å². The number of rotatable bonds is 1. The van der Waals surface area contributed by atoms with E-state index in [9.17, 15) is 4.79 Å². The first-order valence-corrected chi connectivity index (χ1v) is 9.55. The van der Waals surface area contributed by atoms with E-state index in [1.807, 2.05) is 0 Å². The molecule has 4 unspecified atom stereocenters. The first-order chi connectivity index (χ1) is 11.7. The highest BCUT2D eigenvalue weighted by molar-refractivity contribution is 5.90. The number of ether oxygens (including phenoxy) is 5. The number of carbonyl (C=O) groups is 1. The Kier molecular flexibility index (Phi) is 3.76. The van der Waals surface area contributed by atoms with Gasteiger partial charge in [0.05, 0.1) is 6.61 Å². The molecule has 0 aromatic carbocycles. The lowest BCUT2D eigenvalue weighted by Gasteiger charge is -2.33. The summed E-state index contributed by atoms with van der Waals surface area (Å²) in [7, 11) is 0. The van der Waals surface area contributed by atoms with Crippen molar-refractivity contribution >= 4 is 5.78 Å². The van der Waals surface area contributed by atoms with Crippen molar-refractivity contribution in [3.8, 4) is 0 Å². The molecule has 2 aliphatic carbocycles. The van der Waals surface area contributed by atoms with Crippen LogP contribution in [0.5, 0.6) is 0 Å². The number of ketones is 1.